The van der Waals surface area contributed by atoms with Crippen LogP contribution in [-0.2, 0) is 11.3 Å². The van der Waals surface area contributed by atoms with Crippen molar-refractivity contribution in [2.75, 3.05) is 19.0 Å². The highest BCUT2D eigenvalue weighted by Crippen LogP contribution is 2.34. The third-order valence-corrected chi connectivity index (χ3v) is 5.39. The molecule has 2 heterocycles. The number of rotatable bonds is 8. The fourth-order valence-corrected chi connectivity index (χ4v) is 3.85. The highest BCUT2D eigenvalue weighted by atomic mass is 32.2. The Morgan fingerprint density at radius 3 is 2.79 bits per heavy atom. The smallest absolute Gasteiger partial charge is 0.343 e. The van der Waals surface area contributed by atoms with Crippen LogP contribution in [0.5, 0.6) is 11.5 Å². The highest BCUT2D eigenvalue weighted by Gasteiger charge is 2.22. The van der Waals surface area contributed by atoms with E-state index in [-0.39, 0.29) is 29.3 Å². The van der Waals surface area contributed by atoms with E-state index in [1.807, 2.05) is 25.1 Å². The molecule has 1 aliphatic heterocycles. The molecule has 0 unspecified atom stereocenters. The Morgan fingerprint density at radius 2 is 2.07 bits per heavy atom. The molecule has 2 N–H and O–H groups in total. The van der Waals surface area contributed by atoms with Crippen LogP contribution in [0.3, 0.4) is 0 Å². The zero-order valence-corrected chi connectivity index (χ0v) is 17.2. The van der Waals surface area contributed by atoms with Crippen molar-refractivity contribution >= 4 is 17.7 Å². The maximum atomic E-state index is 12.6. The maximum absolute atomic E-state index is 12.6. The maximum Gasteiger partial charge on any atom is 0.343 e. The normalized spacial score (nSPS) is 14.1. The van der Waals surface area contributed by atoms with Crippen molar-refractivity contribution in [3.8, 4) is 11.5 Å². The lowest BCUT2D eigenvalue weighted by Crippen LogP contribution is -2.33. The summed E-state index contributed by atoms with van der Waals surface area (Å²) < 4.78 is 12.8. The molecule has 1 atom stereocenters. The Kier molecular flexibility index (Phi) is 6.66. The number of carbonyl (C=O) groups is 1. The van der Waals surface area contributed by atoms with Gasteiger partial charge < -0.3 is 14.8 Å². The number of thioether (sulfide) groups is 1. The molecule has 0 fully saturated rings. The van der Waals surface area contributed by atoms with Crippen molar-refractivity contribution in [2.24, 2.45) is 5.92 Å². The third kappa shape index (κ3) is 4.70. The topological polar surface area (TPSA) is 98.2 Å². The fourth-order valence-electron chi connectivity index (χ4n) is 3.07. The molecule has 1 aromatic carbocycles. The van der Waals surface area contributed by atoms with Crippen molar-refractivity contribution in [1.82, 2.24) is 20.1 Å². The number of ether oxygens (including phenoxy) is 2. The Balaban J connectivity index is 1.66. The van der Waals surface area contributed by atoms with Gasteiger partial charge in [0, 0.05) is 6.54 Å². The molecule has 8 nitrogen and oxygen atoms in total. The molecule has 0 saturated carbocycles. The quantitative estimate of drug-likeness (QED) is 0.653. The Hall–Kier alpha value is -2.42. The van der Waals surface area contributed by atoms with E-state index in [0.717, 1.165) is 17.7 Å². The second-order valence-corrected chi connectivity index (χ2v) is 7.89. The summed E-state index contributed by atoms with van der Waals surface area (Å²) in [5.41, 5.74) is 0.723. The van der Waals surface area contributed by atoms with Gasteiger partial charge >= 0.3 is 5.69 Å². The van der Waals surface area contributed by atoms with Crippen LogP contribution >= 0.6 is 11.8 Å². The summed E-state index contributed by atoms with van der Waals surface area (Å²) in [7, 11) is 0. The first-order valence-electron chi connectivity index (χ1n) is 9.46. The second kappa shape index (κ2) is 9.18. The molecular formula is C19H26N4O4S. The zero-order chi connectivity index (χ0) is 20.1. The van der Waals surface area contributed by atoms with E-state index < -0.39 is 0 Å². The third-order valence-electron chi connectivity index (χ3n) is 4.41. The molecule has 2 aromatic rings. The number of fused-ring (bicyclic) bond motifs is 1. The number of carbonyl (C=O) groups excluding carboxylic acids is 1. The molecule has 3 rings (SSSR count). The Bertz CT molecular complexity index is 877. The van der Waals surface area contributed by atoms with E-state index in [1.165, 1.54) is 11.8 Å². The average Bonchev–Trinajstić information content (AvgIpc) is 3.04. The van der Waals surface area contributed by atoms with Gasteiger partial charge in [0.2, 0.25) is 5.91 Å². The van der Waals surface area contributed by atoms with Crippen LogP contribution < -0.4 is 20.5 Å². The summed E-state index contributed by atoms with van der Waals surface area (Å²) in [5.74, 6) is 1.70. The molecule has 0 bridgehead atoms. The minimum absolute atomic E-state index is 0.114. The van der Waals surface area contributed by atoms with Gasteiger partial charge in [-0.1, -0.05) is 38.6 Å². The van der Waals surface area contributed by atoms with Gasteiger partial charge in [0.15, 0.2) is 16.7 Å². The van der Waals surface area contributed by atoms with Gasteiger partial charge in [-0.15, -0.1) is 5.10 Å². The van der Waals surface area contributed by atoms with Crippen molar-refractivity contribution < 1.29 is 14.3 Å². The molecule has 9 heteroatoms. The van der Waals surface area contributed by atoms with E-state index in [0.29, 0.717) is 30.7 Å². The number of H-pyrrole nitrogens is 1. The first-order valence-corrected chi connectivity index (χ1v) is 10.4. The van der Waals surface area contributed by atoms with E-state index in [4.69, 9.17) is 9.47 Å². The number of benzene rings is 1. The molecule has 28 heavy (non-hydrogen) atoms. The van der Waals surface area contributed by atoms with Gasteiger partial charge in [0.25, 0.3) is 0 Å². The van der Waals surface area contributed by atoms with Gasteiger partial charge in [-0.25, -0.2) is 9.89 Å². The summed E-state index contributed by atoms with van der Waals surface area (Å²) in [6.45, 7) is 7.74. The fraction of sp³-hybridized carbons (Fsp3) is 0.526. The SMILES string of the molecule is CCCn1c(SCC(=O)N[C@@H](c2ccc3c(c2)OCCO3)C(C)C)n[nH]c1=O. The van der Waals surface area contributed by atoms with Crippen LogP contribution in [0.25, 0.3) is 0 Å². The summed E-state index contributed by atoms with van der Waals surface area (Å²) in [5, 5.41) is 10.1. The number of amides is 1. The number of aromatic nitrogens is 3. The first-order chi connectivity index (χ1) is 13.5. The monoisotopic (exact) mass is 406 g/mol. The van der Waals surface area contributed by atoms with Crippen molar-refractivity contribution in [3.05, 3.63) is 34.2 Å². The largest absolute Gasteiger partial charge is 0.486 e. The van der Waals surface area contributed by atoms with Crippen molar-refractivity contribution in [1.29, 1.82) is 0 Å². The second-order valence-electron chi connectivity index (χ2n) is 6.94. The Morgan fingerprint density at radius 1 is 1.32 bits per heavy atom. The number of hydrogen-bond acceptors (Lipinski definition) is 6. The van der Waals surface area contributed by atoms with Crippen LogP contribution in [0, 0.1) is 5.92 Å². The van der Waals surface area contributed by atoms with Crippen LogP contribution in [0.15, 0.2) is 28.2 Å². The number of nitrogens with zero attached hydrogens (tertiary/aromatic N) is 2. The number of hydrogen-bond donors (Lipinski definition) is 2. The van der Waals surface area contributed by atoms with Crippen LogP contribution in [0.4, 0.5) is 0 Å². The highest BCUT2D eigenvalue weighted by molar-refractivity contribution is 7.99. The molecule has 1 aromatic heterocycles. The zero-order valence-electron chi connectivity index (χ0n) is 16.4. The summed E-state index contributed by atoms with van der Waals surface area (Å²) in [6.07, 6.45) is 0.818. The van der Waals surface area contributed by atoms with Gasteiger partial charge in [-0.3, -0.25) is 9.36 Å². The van der Waals surface area contributed by atoms with Crippen LogP contribution in [0.1, 0.15) is 38.8 Å². The Labute approximate surface area is 168 Å². The molecule has 0 saturated heterocycles. The van der Waals surface area contributed by atoms with Crippen LogP contribution in [0.2, 0.25) is 0 Å². The summed E-state index contributed by atoms with van der Waals surface area (Å²) in [4.78, 5) is 24.3. The lowest BCUT2D eigenvalue weighted by molar-refractivity contribution is -0.119. The minimum Gasteiger partial charge on any atom is -0.486 e. The predicted molar refractivity (Wildman–Crippen MR) is 107 cm³/mol. The van der Waals surface area contributed by atoms with Gasteiger partial charge in [0.1, 0.15) is 13.2 Å². The number of aromatic amines is 1. The number of nitrogens with one attached hydrogen (secondary N) is 2. The molecular weight excluding hydrogens is 380 g/mol. The average molecular weight is 407 g/mol. The molecule has 0 spiro atoms. The minimum atomic E-state index is -0.249. The van der Waals surface area contributed by atoms with Gasteiger partial charge in [0.05, 0.1) is 11.8 Å². The van der Waals surface area contributed by atoms with E-state index >= 15 is 0 Å². The van der Waals surface area contributed by atoms with E-state index in [1.54, 1.807) is 4.57 Å². The summed E-state index contributed by atoms with van der Waals surface area (Å²) >= 11 is 1.25. The van der Waals surface area contributed by atoms with E-state index in [2.05, 4.69) is 29.4 Å². The molecule has 1 aliphatic rings. The molecule has 0 aliphatic carbocycles. The molecule has 152 valence electrons. The predicted octanol–water partition coefficient (Wildman–Crippen LogP) is 2.36. The van der Waals surface area contributed by atoms with Crippen molar-refractivity contribution in [3.63, 3.8) is 0 Å². The molecule has 0 radical (unpaired) electrons. The lowest BCUT2D eigenvalue weighted by Gasteiger charge is -2.25. The first kappa shape index (κ1) is 20.3. The standard InChI is InChI=1S/C19H26N4O4S/c1-4-7-23-18(25)21-22-19(23)28-11-16(24)20-17(12(2)3)13-5-6-14-15(10-13)27-9-8-26-14/h5-6,10,12,17H,4,7-9,11H2,1-3H3,(H,20,24)(H,21,25)/t17-/m1/s1. The van der Waals surface area contributed by atoms with E-state index in [9.17, 15) is 9.59 Å². The summed E-state index contributed by atoms with van der Waals surface area (Å²) in [6, 6.07) is 5.62. The lowest BCUT2D eigenvalue weighted by atomic mass is 9.95. The van der Waals surface area contributed by atoms with Gasteiger partial charge in [-0.2, -0.15) is 0 Å². The van der Waals surface area contributed by atoms with Crippen molar-refractivity contribution in [2.45, 2.75) is 44.9 Å². The van der Waals surface area contributed by atoms with Crippen LogP contribution in [-0.4, -0.2) is 39.6 Å². The molecule has 1 amide bonds. The van der Waals surface area contributed by atoms with Gasteiger partial charge in [-0.05, 0) is 30.0 Å².